The van der Waals surface area contributed by atoms with Gasteiger partial charge in [-0.05, 0) is 45.1 Å². The highest BCUT2D eigenvalue weighted by Crippen LogP contribution is 2.29. The number of ether oxygens (including phenoxy) is 1. The normalized spacial score (nSPS) is 17.4. The van der Waals surface area contributed by atoms with Crippen molar-refractivity contribution in [1.82, 2.24) is 19.9 Å². The Balaban J connectivity index is 1.50. The predicted octanol–water partition coefficient (Wildman–Crippen LogP) is 2.46. The molecule has 7 heteroatoms. The highest BCUT2D eigenvalue weighted by molar-refractivity contribution is 5.95. The van der Waals surface area contributed by atoms with E-state index in [2.05, 4.69) is 10.3 Å². The summed E-state index contributed by atoms with van der Waals surface area (Å²) in [4.78, 5) is 14.8. The van der Waals surface area contributed by atoms with E-state index in [1.165, 1.54) is 12.8 Å². The van der Waals surface area contributed by atoms with Crippen molar-refractivity contribution in [1.29, 1.82) is 0 Å². The second-order valence-corrected chi connectivity index (χ2v) is 7.07. The van der Waals surface area contributed by atoms with Crippen LogP contribution in [0.15, 0.2) is 10.5 Å². The summed E-state index contributed by atoms with van der Waals surface area (Å²) < 4.78 is 13.2. The number of carbonyl (C=O) groups excluding carboxylic acids is 1. The van der Waals surface area contributed by atoms with Gasteiger partial charge in [0.05, 0.1) is 24.4 Å². The molecule has 3 heterocycles. The van der Waals surface area contributed by atoms with Crippen LogP contribution in [0, 0.1) is 19.8 Å². The summed E-state index contributed by atoms with van der Waals surface area (Å²) in [5.74, 6) is 2.16. The molecule has 4 rings (SSSR count). The molecule has 0 saturated heterocycles. The van der Waals surface area contributed by atoms with E-state index in [0.29, 0.717) is 31.0 Å². The van der Waals surface area contributed by atoms with Gasteiger partial charge in [0.1, 0.15) is 17.2 Å². The van der Waals surface area contributed by atoms with Crippen LogP contribution < -0.4 is 0 Å². The van der Waals surface area contributed by atoms with Crippen LogP contribution in [0.3, 0.4) is 0 Å². The van der Waals surface area contributed by atoms with Crippen LogP contribution in [0.2, 0.25) is 0 Å². The second kappa shape index (κ2) is 6.63. The molecule has 0 unspecified atom stereocenters. The Morgan fingerprint density at radius 1 is 1.36 bits per heavy atom. The van der Waals surface area contributed by atoms with Gasteiger partial charge in [-0.3, -0.25) is 4.79 Å². The number of carbonyl (C=O) groups is 1. The van der Waals surface area contributed by atoms with Crippen molar-refractivity contribution in [3.05, 3.63) is 34.5 Å². The van der Waals surface area contributed by atoms with E-state index in [1.807, 2.05) is 29.5 Å². The Labute approximate surface area is 146 Å². The average Bonchev–Trinajstić information content (AvgIpc) is 3.29. The molecule has 0 spiro atoms. The molecule has 0 radical (unpaired) electrons. The number of rotatable bonds is 5. The lowest BCUT2D eigenvalue weighted by Gasteiger charge is -2.20. The molecule has 1 aliphatic heterocycles. The molecule has 0 bridgehead atoms. The first-order valence-electron chi connectivity index (χ1n) is 8.97. The maximum Gasteiger partial charge on any atom is 0.257 e. The number of nitrogens with zero attached hydrogens (tertiary/aromatic N) is 4. The highest BCUT2D eigenvalue weighted by Gasteiger charge is 2.27. The fourth-order valence-electron chi connectivity index (χ4n) is 3.30. The van der Waals surface area contributed by atoms with Crippen molar-refractivity contribution >= 4 is 5.91 Å². The predicted molar refractivity (Wildman–Crippen MR) is 89.9 cm³/mol. The molecule has 25 heavy (non-hydrogen) atoms. The van der Waals surface area contributed by atoms with E-state index in [-0.39, 0.29) is 5.91 Å². The van der Waals surface area contributed by atoms with Gasteiger partial charge >= 0.3 is 0 Å². The van der Waals surface area contributed by atoms with Gasteiger partial charge in [-0.2, -0.15) is 0 Å². The summed E-state index contributed by atoms with van der Waals surface area (Å²) in [6.07, 6.45) is 3.40. The molecule has 1 saturated carbocycles. The van der Waals surface area contributed by atoms with Crippen LogP contribution in [-0.2, 0) is 24.4 Å². The third-order valence-corrected chi connectivity index (χ3v) is 4.90. The van der Waals surface area contributed by atoms with Gasteiger partial charge < -0.3 is 14.1 Å². The lowest BCUT2D eigenvalue weighted by Crippen LogP contribution is -2.31. The number of furan rings is 1. The van der Waals surface area contributed by atoms with Gasteiger partial charge in [-0.25, -0.2) is 4.68 Å². The zero-order valence-electron chi connectivity index (χ0n) is 14.8. The number of hydrogen-bond donors (Lipinski definition) is 0. The molecule has 1 amide bonds. The molecule has 7 nitrogen and oxygen atoms in total. The summed E-state index contributed by atoms with van der Waals surface area (Å²) in [5, 5.41) is 8.52. The Hall–Kier alpha value is -2.15. The van der Waals surface area contributed by atoms with Gasteiger partial charge in [0.15, 0.2) is 0 Å². The van der Waals surface area contributed by atoms with E-state index in [1.54, 1.807) is 0 Å². The Kier molecular flexibility index (Phi) is 4.33. The standard InChI is InChI=1S/C18H24N4O3/c1-12-8-15(13(2)25-12)18(23)21-6-3-7-22-17(9-21)16(19-20-22)11-24-10-14-4-5-14/h8,14H,3-7,9-11H2,1-2H3. The Morgan fingerprint density at radius 2 is 2.20 bits per heavy atom. The maximum absolute atomic E-state index is 12.9. The third-order valence-electron chi connectivity index (χ3n) is 4.90. The lowest BCUT2D eigenvalue weighted by molar-refractivity contribution is 0.0739. The highest BCUT2D eigenvalue weighted by atomic mass is 16.5. The van der Waals surface area contributed by atoms with E-state index in [0.717, 1.165) is 42.6 Å². The summed E-state index contributed by atoms with van der Waals surface area (Å²) in [7, 11) is 0. The van der Waals surface area contributed by atoms with Crippen molar-refractivity contribution in [2.45, 2.75) is 52.8 Å². The molecule has 0 atom stereocenters. The van der Waals surface area contributed by atoms with Crippen molar-refractivity contribution in [2.75, 3.05) is 13.2 Å². The van der Waals surface area contributed by atoms with Crippen LogP contribution in [0.1, 0.15) is 52.5 Å². The Morgan fingerprint density at radius 3 is 2.92 bits per heavy atom. The minimum Gasteiger partial charge on any atom is -0.466 e. The molecule has 2 aromatic heterocycles. The first-order chi connectivity index (χ1) is 12.1. The number of aryl methyl sites for hydroxylation is 3. The van der Waals surface area contributed by atoms with Crippen molar-refractivity contribution in [3.63, 3.8) is 0 Å². The monoisotopic (exact) mass is 344 g/mol. The molecule has 0 N–H and O–H groups in total. The summed E-state index contributed by atoms with van der Waals surface area (Å²) >= 11 is 0. The van der Waals surface area contributed by atoms with Crippen LogP contribution in [0.5, 0.6) is 0 Å². The maximum atomic E-state index is 12.9. The van der Waals surface area contributed by atoms with E-state index in [4.69, 9.17) is 9.15 Å². The number of aromatic nitrogens is 3. The van der Waals surface area contributed by atoms with Crippen LogP contribution in [0.25, 0.3) is 0 Å². The first kappa shape index (κ1) is 16.3. The molecule has 1 aliphatic carbocycles. The fourth-order valence-corrected chi connectivity index (χ4v) is 3.30. The average molecular weight is 344 g/mol. The third kappa shape index (κ3) is 3.46. The zero-order chi connectivity index (χ0) is 17.4. The minimum absolute atomic E-state index is 0.00819. The van der Waals surface area contributed by atoms with Gasteiger partial charge in [-0.15, -0.1) is 5.10 Å². The van der Waals surface area contributed by atoms with Gasteiger partial charge in [0.25, 0.3) is 5.91 Å². The molecule has 2 aromatic rings. The molecule has 0 aromatic carbocycles. The van der Waals surface area contributed by atoms with Gasteiger partial charge in [-0.1, -0.05) is 5.21 Å². The van der Waals surface area contributed by atoms with Crippen molar-refractivity contribution in [3.8, 4) is 0 Å². The molecule has 2 aliphatic rings. The molecular formula is C18H24N4O3. The van der Waals surface area contributed by atoms with Gasteiger partial charge in [0, 0.05) is 19.7 Å². The summed E-state index contributed by atoms with van der Waals surface area (Å²) in [6.45, 7) is 6.95. The van der Waals surface area contributed by atoms with Crippen LogP contribution >= 0.6 is 0 Å². The van der Waals surface area contributed by atoms with Crippen LogP contribution in [0.4, 0.5) is 0 Å². The zero-order valence-corrected chi connectivity index (χ0v) is 14.8. The molecular weight excluding hydrogens is 320 g/mol. The summed E-state index contributed by atoms with van der Waals surface area (Å²) in [5.41, 5.74) is 2.48. The number of hydrogen-bond acceptors (Lipinski definition) is 5. The van der Waals surface area contributed by atoms with E-state index >= 15 is 0 Å². The lowest BCUT2D eigenvalue weighted by atomic mass is 10.2. The van der Waals surface area contributed by atoms with Crippen molar-refractivity contribution in [2.24, 2.45) is 5.92 Å². The van der Waals surface area contributed by atoms with E-state index in [9.17, 15) is 4.79 Å². The van der Waals surface area contributed by atoms with Crippen LogP contribution in [-0.4, -0.2) is 39.0 Å². The summed E-state index contributed by atoms with van der Waals surface area (Å²) in [6, 6.07) is 1.82. The van der Waals surface area contributed by atoms with Gasteiger partial charge in [0.2, 0.25) is 0 Å². The van der Waals surface area contributed by atoms with Crippen molar-refractivity contribution < 1.29 is 13.9 Å². The number of amides is 1. The van der Waals surface area contributed by atoms with E-state index < -0.39 is 0 Å². The number of fused-ring (bicyclic) bond motifs is 1. The smallest absolute Gasteiger partial charge is 0.257 e. The quantitative estimate of drug-likeness (QED) is 0.833. The topological polar surface area (TPSA) is 73.4 Å². The fraction of sp³-hybridized carbons (Fsp3) is 0.611. The largest absolute Gasteiger partial charge is 0.466 e. The first-order valence-corrected chi connectivity index (χ1v) is 8.97. The minimum atomic E-state index is 0.00819. The molecule has 1 fully saturated rings. The molecule has 134 valence electrons. The SMILES string of the molecule is Cc1cc(C(=O)N2CCCn3nnc(COCC4CC4)c3C2)c(C)o1. The Bertz CT molecular complexity index is 775. The second-order valence-electron chi connectivity index (χ2n) is 7.07.